The van der Waals surface area contributed by atoms with Crippen molar-refractivity contribution in [3.63, 3.8) is 0 Å². The van der Waals surface area contributed by atoms with Crippen molar-refractivity contribution in [1.29, 1.82) is 0 Å². The smallest absolute Gasteiger partial charge is 0.303 e. The molecule has 0 radical (unpaired) electrons. The summed E-state index contributed by atoms with van der Waals surface area (Å²) in [5, 5.41) is 11.1. The summed E-state index contributed by atoms with van der Waals surface area (Å²) < 4.78 is 23.8. The van der Waals surface area contributed by atoms with Gasteiger partial charge in [0.05, 0.1) is 24.9 Å². The number of hydrogen-bond donors (Lipinski definition) is 1. The normalized spacial score (nSPS) is 33.9. The third kappa shape index (κ3) is 9.46. The number of epoxide rings is 1. The predicted molar refractivity (Wildman–Crippen MR) is 171 cm³/mol. The second-order valence-electron chi connectivity index (χ2n) is 13.2. The topological polar surface area (TPSA) is 94.6 Å². The van der Waals surface area contributed by atoms with Gasteiger partial charge < -0.3 is 24.1 Å². The molecule has 3 saturated heterocycles. The Hall–Kier alpha value is -2.58. The highest BCUT2D eigenvalue weighted by Crippen LogP contribution is 2.45. The van der Waals surface area contributed by atoms with E-state index in [1.54, 1.807) is 13.0 Å². The molecular weight excluding hydrogens is 556 g/mol. The third-order valence-corrected chi connectivity index (χ3v) is 9.59. The number of allylic oxidation sites excluding steroid dienone is 3. The van der Waals surface area contributed by atoms with Crippen LogP contribution in [0.1, 0.15) is 79.2 Å². The molecule has 242 valence electrons. The molecule has 7 heteroatoms. The van der Waals surface area contributed by atoms with Crippen LogP contribution in [0.25, 0.3) is 0 Å². The highest BCUT2D eigenvalue weighted by atomic mass is 16.6. The van der Waals surface area contributed by atoms with Gasteiger partial charge >= 0.3 is 5.97 Å². The van der Waals surface area contributed by atoms with Gasteiger partial charge in [0.15, 0.2) is 5.78 Å². The third-order valence-electron chi connectivity index (χ3n) is 9.59. The summed E-state index contributed by atoms with van der Waals surface area (Å²) in [5.74, 6) is 0.473. The summed E-state index contributed by atoms with van der Waals surface area (Å²) in [6.07, 6.45) is 12.7. The number of benzene rings is 1. The zero-order valence-corrected chi connectivity index (χ0v) is 27.3. The van der Waals surface area contributed by atoms with Crippen LogP contribution in [-0.4, -0.2) is 65.7 Å². The Morgan fingerprint density at radius 3 is 2.52 bits per heavy atom. The lowest BCUT2D eigenvalue weighted by atomic mass is 9.81. The van der Waals surface area contributed by atoms with Crippen molar-refractivity contribution in [1.82, 2.24) is 0 Å². The first-order chi connectivity index (χ1) is 21.0. The lowest BCUT2D eigenvalue weighted by molar-refractivity contribution is -0.149. The quantitative estimate of drug-likeness (QED) is 0.121. The second kappa shape index (κ2) is 15.6. The number of ketones is 1. The van der Waals surface area contributed by atoms with Crippen molar-refractivity contribution in [2.45, 2.75) is 122 Å². The van der Waals surface area contributed by atoms with Crippen molar-refractivity contribution < 1.29 is 33.6 Å². The van der Waals surface area contributed by atoms with Crippen molar-refractivity contribution >= 4 is 11.8 Å². The molecule has 3 aliphatic heterocycles. The summed E-state index contributed by atoms with van der Waals surface area (Å²) in [7, 11) is 0. The molecule has 1 N–H and O–H groups in total. The van der Waals surface area contributed by atoms with Crippen LogP contribution in [0.2, 0.25) is 0 Å². The van der Waals surface area contributed by atoms with E-state index in [2.05, 4.69) is 51.1 Å². The second-order valence-corrected chi connectivity index (χ2v) is 13.2. The molecule has 0 amide bonds. The summed E-state index contributed by atoms with van der Waals surface area (Å²) in [4.78, 5) is 23.6. The average molecular weight is 609 g/mol. The molecule has 1 aromatic rings. The van der Waals surface area contributed by atoms with Gasteiger partial charge in [0.1, 0.15) is 23.9 Å². The molecule has 3 fully saturated rings. The molecule has 7 nitrogen and oxygen atoms in total. The Bertz CT molecular complexity index is 1180. The number of ether oxygens (including phenoxy) is 4. The van der Waals surface area contributed by atoms with Gasteiger partial charge in [-0.3, -0.25) is 9.59 Å². The molecule has 3 heterocycles. The van der Waals surface area contributed by atoms with Crippen molar-refractivity contribution in [2.24, 2.45) is 17.8 Å². The minimum absolute atomic E-state index is 0.0223. The SMILES string of the molecule is CC[C@H](Cc1ccccc1)[C@H]1C[C@@]2(CO2)[C@H](O)[C@@H](/C=C/C(C)=C/C[C@@H]2O[C@H](C)[C@H](CC(=O)/C=C\[C@H](C)OC(C)=O)C[C@@H]2C)O1. The fourth-order valence-corrected chi connectivity index (χ4v) is 6.72. The van der Waals surface area contributed by atoms with Crippen LogP contribution in [0, 0.1) is 17.8 Å². The number of aliphatic hydroxyl groups is 1. The number of rotatable bonds is 13. The Kier molecular flexibility index (Phi) is 12.2. The van der Waals surface area contributed by atoms with Crippen molar-refractivity contribution in [3.05, 3.63) is 71.8 Å². The largest absolute Gasteiger partial charge is 0.459 e. The van der Waals surface area contributed by atoms with Crippen LogP contribution in [0.4, 0.5) is 0 Å². The van der Waals surface area contributed by atoms with Crippen LogP contribution in [0.15, 0.2) is 66.3 Å². The first-order valence-electron chi connectivity index (χ1n) is 16.4. The van der Waals surface area contributed by atoms with Gasteiger partial charge in [-0.15, -0.1) is 0 Å². The summed E-state index contributed by atoms with van der Waals surface area (Å²) in [6.45, 7) is 12.2. The first-order valence-corrected chi connectivity index (χ1v) is 16.4. The molecule has 4 rings (SSSR count). The van der Waals surface area contributed by atoms with E-state index < -0.39 is 23.9 Å². The maximum atomic E-state index is 12.5. The molecule has 3 aliphatic rings. The van der Waals surface area contributed by atoms with Crippen LogP contribution in [0.3, 0.4) is 0 Å². The van der Waals surface area contributed by atoms with Crippen LogP contribution < -0.4 is 0 Å². The van der Waals surface area contributed by atoms with E-state index in [-0.39, 0.29) is 36.0 Å². The van der Waals surface area contributed by atoms with E-state index >= 15 is 0 Å². The summed E-state index contributed by atoms with van der Waals surface area (Å²) in [6, 6.07) is 10.5. The molecule has 1 spiro atoms. The van der Waals surface area contributed by atoms with Gasteiger partial charge in [-0.05, 0) is 75.5 Å². The Morgan fingerprint density at radius 2 is 1.86 bits per heavy atom. The van der Waals surface area contributed by atoms with Gasteiger partial charge in [-0.2, -0.15) is 0 Å². The lowest BCUT2D eigenvalue weighted by Crippen LogP contribution is -2.52. The summed E-state index contributed by atoms with van der Waals surface area (Å²) >= 11 is 0. The zero-order chi connectivity index (χ0) is 31.9. The number of carbonyl (C=O) groups is 2. The molecule has 0 unspecified atom stereocenters. The van der Waals surface area contributed by atoms with Crippen LogP contribution in [0.5, 0.6) is 0 Å². The van der Waals surface area contributed by atoms with Gasteiger partial charge in [-0.25, -0.2) is 0 Å². The molecule has 44 heavy (non-hydrogen) atoms. The van der Waals surface area contributed by atoms with E-state index in [0.29, 0.717) is 24.9 Å². The van der Waals surface area contributed by atoms with Gasteiger partial charge in [0.2, 0.25) is 0 Å². The standard InChI is InChI=1S/C37H52O7/c1-7-30(20-29-11-9-8-10-12-29)35-22-37(23-41-37)36(40)34(44-35)18-14-24(2)13-17-33-25(3)19-31(27(5)43-33)21-32(39)16-15-26(4)42-28(6)38/h8-16,18,25-27,30-31,33-36,40H,7,17,19-23H2,1-6H3/b16-15-,18-14+,24-13+/t25-,26-,27+,30+,31-,33-,34+,35+,36+,37+/m0/s1. The van der Waals surface area contributed by atoms with Crippen molar-refractivity contribution in [3.8, 4) is 0 Å². The lowest BCUT2D eigenvalue weighted by Gasteiger charge is -2.40. The summed E-state index contributed by atoms with van der Waals surface area (Å²) in [5.41, 5.74) is 1.91. The first kappa shape index (κ1) is 34.3. The Morgan fingerprint density at radius 1 is 1.14 bits per heavy atom. The molecular formula is C37H52O7. The fourth-order valence-electron chi connectivity index (χ4n) is 6.72. The van der Waals surface area contributed by atoms with E-state index in [4.69, 9.17) is 18.9 Å². The predicted octanol–water partition coefficient (Wildman–Crippen LogP) is 6.33. The number of esters is 1. The van der Waals surface area contributed by atoms with E-state index in [1.807, 2.05) is 25.1 Å². The molecule has 0 aliphatic carbocycles. The Balaban J connectivity index is 1.30. The maximum Gasteiger partial charge on any atom is 0.303 e. The fraction of sp³-hybridized carbons (Fsp3) is 0.622. The average Bonchev–Trinajstić information content (AvgIpc) is 3.76. The minimum atomic E-state index is -0.682. The highest BCUT2D eigenvalue weighted by Gasteiger charge is 2.59. The zero-order valence-electron chi connectivity index (χ0n) is 27.3. The minimum Gasteiger partial charge on any atom is -0.459 e. The van der Waals surface area contributed by atoms with Crippen LogP contribution >= 0.6 is 0 Å². The molecule has 0 aromatic heterocycles. The van der Waals surface area contributed by atoms with Gasteiger partial charge in [0, 0.05) is 19.8 Å². The van der Waals surface area contributed by atoms with E-state index in [1.165, 1.54) is 18.6 Å². The van der Waals surface area contributed by atoms with Crippen molar-refractivity contribution in [2.75, 3.05) is 6.61 Å². The van der Waals surface area contributed by atoms with E-state index in [0.717, 1.165) is 37.7 Å². The van der Waals surface area contributed by atoms with Gasteiger partial charge in [-0.1, -0.05) is 74.4 Å². The molecule has 0 saturated carbocycles. The number of aliphatic hydroxyl groups excluding tert-OH is 1. The number of carbonyl (C=O) groups excluding carboxylic acids is 2. The highest BCUT2D eigenvalue weighted by molar-refractivity contribution is 5.89. The maximum absolute atomic E-state index is 12.5. The molecule has 0 bridgehead atoms. The molecule has 1 aromatic carbocycles. The Labute approximate surface area is 263 Å². The molecule has 10 atom stereocenters. The van der Waals surface area contributed by atoms with Crippen LogP contribution in [-0.2, 0) is 35.0 Å². The van der Waals surface area contributed by atoms with E-state index in [9.17, 15) is 14.7 Å². The van der Waals surface area contributed by atoms with Gasteiger partial charge in [0.25, 0.3) is 0 Å². The monoisotopic (exact) mass is 608 g/mol. The number of hydrogen-bond acceptors (Lipinski definition) is 7.